The van der Waals surface area contributed by atoms with Gasteiger partial charge < -0.3 is 15.3 Å². The highest BCUT2D eigenvalue weighted by atomic mass is 16.6. The van der Waals surface area contributed by atoms with Crippen molar-refractivity contribution < 1.29 is 19.6 Å². The van der Waals surface area contributed by atoms with Crippen LogP contribution in [0.1, 0.15) is 25.3 Å². The van der Waals surface area contributed by atoms with E-state index in [1.54, 1.807) is 19.1 Å². The van der Waals surface area contributed by atoms with Crippen molar-refractivity contribution in [3.05, 3.63) is 33.9 Å². The number of benzene rings is 1. The third-order valence-electron chi connectivity index (χ3n) is 4.07. The summed E-state index contributed by atoms with van der Waals surface area (Å²) < 4.78 is 0. The zero-order chi connectivity index (χ0) is 17.1. The number of piperidine rings is 1. The normalized spacial score (nSPS) is 20.9. The smallest absolute Gasteiger partial charge is 0.326 e. The maximum atomic E-state index is 12.3. The van der Waals surface area contributed by atoms with Crippen LogP contribution in [-0.2, 0) is 4.79 Å². The highest BCUT2D eigenvalue weighted by Gasteiger charge is 2.34. The van der Waals surface area contributed by atoms with E-state index in [2.05, 4.69) is 5.32 Å². The van der Waals surface area contributed by atoms with Gasteiger partial charge in [0.05, 0.1) is 4.92 Å². The Morgan fingerprint density at radius 2 is 2.13 bits per heavy atom. The lowest BCUT2D eigenvalue weighted by Gasteiger charge is -2.35. The lowest BCUT2D eigenvalue weighted by atomic mass is 9.93. The van der Waals surface area contributed by atoms with Crippen LogP contribution in [0.15, 0.2) is 18.2 Å². The van der Waals surface area contributed by atoms with Gasteiger partial charge in [-0.25, -0.2) is 9.59 Å². The number of likely N-dealkylation sites (tertiary alicyclic amines) is 1. The van der Waals surface area contributed by atoms with Gasteiger partial charge in [0.25, 0.3) is 5.69 Å². The molecule has 8 nitrogen and oxygen atoms in total. The molecule has 0 bridgehead atoms. The molecule has 2 rings (SSSR count). The van der Waals surface area contributed by atoms with Gasteiger partial charge in [-0.15, -0.1) is 0 Å². The van der Waals surface area contributed by atoms with Gasteiger partial charge in [-0.2, -0.15) is 0 Å². The fourth-order valence-electron chi connectivity index (χ4n) is 2.70. The van der Waals surface area contributed by atoms with Crippen LogP contribution in [-0.4, -0.2) is 39.5 Å². The van der Waals surface area contributed by atoms with E-state index in [4.69, 9.17) is 0 Å². The van der Waals surface area contributed by atoms with Crippen molar-refractivity contribution >= 4 is 23.4 Å². The number of aliphatic carboxylic acids is 1. The third-order valence-corrected chi connectivity index (χ3v) is 4.07. The fraction of sp³-hybridized carbons (Fsp3) is 0.467. The van der Waals surface area contributed by atoms with Crippen LogP contribution in [0.5, 0.6) is 0 Å². The van der Waals surface area contributed by atoms with Crippen LogP contribution < -0.4 is 5.32 Å². The Bertz CT molecular complexity index is 646. The van der Waals surface area contributed by atoms with E-state index in [1.165, 1.54) is 11.0 Å². The second kappa shape index (κ2) is 6.64. The van der Waals surface area contributed by atoms with Crippen molar-refractivity contribution in [1.29, 1.82) is 0 Å². The first-order valence-corrected chi connectivity index (χ1v) is 7.35. The Labute approximate surface area is 133 Å². The summed E-state index contributed by atoms with van der Waals surface area (Å²) in [6.07, 6.45) is 1.13. The van der Waals surface area contributed by atoms with Crippen molar-refractivity contribution in [2.45, 2.75) is 32.7 Å². The predicted octanol–water partition coefficient (Wildman–Crippen LogP) is 2.62. The zero-order valence-electron chi connectivity index (χ0n) is 13.0. The van der Waals surface area contributed by atoms with Gasteiger partial charge in [0.1, 0.15) is 6.04 Å². The number of carbonyl (C=O) groups excluding carboxylic acids is 1. The molecular formula is C15H19N3O5. The second-order valence-electron chi connectivity index (χ2n) is 5.87. The van der Waals surface area contributed by atoms with Gasteiger partial charge in [-0.05, 0) is 31.7 Å². The number of hydrogen-bond donors (Lipinski definition) is 2. The van der Waals surface area contributed by atoms with Crippen LogP contribution in [0, 0.1) is 23.0 Å². The summed E-state index contributed by atoms with van der Waals surface area (Å²) in [5.41, 5.74) is 0.670. The minimum absolute atomic E-state index is 0.0927. The molecule has 23 heavy (non-hydrogen) atoms. The number of amides is 2. The van der Waals surface area contributed by atoms with Crippen LogP contribution in [0.2, 0.25) is 0 Å². The molecule has 0 aromatic heterocycles. The molecule has 1 fully saturated rings. The topological polar surface area (TPSA) is 113 Å². The van der Waals surface area contributed by atoms with E-state index in [9.17, 15) is 24.8 Å². The maximum Gasteiger partial charge on any atom is 0.326 e. The summed E-state index contributed by atoms with van der Waals surface area (Å²) in [4.78, 5) is 35.4. The van der Waals surface area contributed by atoms with Gasteiger partial charge in [-0.3, -0.25) is 10.1 Å². The zero-order valence-corrected chi connectivity index (χ0v) is 13.0. The Kier molecular flexibility index (Phi) is 4.83. The molecule has 0 spiro atoms. The Hall–Kier alpha value is -2.64. The molecule has 2 N–H and O–H groups in total. The molecule has 0 unspecified atom stereocenters. The van der Waals surface area contributed by atoms with Crippen LogP contribution in [0.4, 0.5) is 16.2 Å². The van der Waals surface area contributed by atoms with Gasteiger partial charge in [0.15, 0.2) is 0 Å². The number of nitro groups is 1. The molecule has 1 aliphatic heterocycles. The molecule has 1 saturated heterocycles. The Morgan fingerprint density at radius 1 is 1.43 bits per heavy atom. The minimum atomic E-state index is -1.04. The molecule has 0 aliphatic carbocycles. The number of nitro benzene ring substituents is 1. The summed E-state index contributed by atoms with van der Waals surface area (Å²) in [5, 5.41) is 22.8. The van der Waals surface area contributed by atoms with Crippen molar-refractivity contribution in [1.82, 2.24) is 4.90 Å². The third kappa shape index (κ3) is 3.77. The number of carboxylic acid groups (broad SMARTS) is 1. The number of carbonyl (C=O) groups is 2. The summed E-state index contributed by atoms with van der Waals surface area (Å²) >= 11 is 0. The van der Waals surface area contributed by atoms with E-state index in [0.29, 0.717) is 18.5 Å². The molecule has 1 aliphatic rings. The largest absolute Gasteiger partial charge is 0.480 e. The van der Waals surface area contributed by atoms with E-state index in [-0.39, 0.29) is 17.3 Å². The van der Waals surface area contributed by atoms with E-state index >= 15 is 0 Å². The van der Waals surface area contributed by atoms with Crippen molar-refractivity contribution in [2.24, 2.45) is 5.92 Å². The fourth-order valence-corrected chi connectivity index (χ4v) is 2.70. The molecular weight excluding hydrogens is 302 g/mol. The highest BCUT2D eigenvalue weighted by molar-refractivity contribution is 5.92. The van der Waals surface area contributed by atoms with Crippen LogP contribution in [0.25, 0.3) is 0 Å². The SMILES string of the molecule is Cc1ccc(NC(=O)N2CC[C@H](C)C[C@@H]2C(=O)O)cc1[N+](=O)[O-]. The first kappa shape index (κ1) is 16.7. The van der Waals surface area contributed by atoms with Gasteiger partial charge >= 0.3 is 12.0 Å². The van der Waals surface area contributed by atoms with Crippen LogP contribution in [0.3, 0.4) is 0 Å². The average Bonchev–Trinajstić information content (AvgIpc) is 2.48. The molecule has 2 atom stereocenters. The molecule has 124 valence electrons. The summed E-state index contributed by atoms with van der Waals surface area (Å²) in [5.74, 6) is -0.804. The number of urea groups is 1. The molecule has 2 amide bonds. The molecule has 8 heteroatoms. The number of carboxylic acids is 1. The number of rotatable bonds is 3. The lowest BCUT2D eigenvalue weighted by Crippen LogP contribution is -2.51. The van der Waals surface area contributed by atoms with E-state index in [0.717, 1.165) is 6.42 Å². The first-order valence-electron chi connectivity index (χ1n) is 7.35. The van der Waals surface area contributed by atoms with E-state index in [1.807, 2.05) is 6.92 Å². The number of anilines is 1. The van der Waals surface area contributed by atoms with Crippen molar-refractivity contribution in [2.75, 3.05) is 11.9 Å². The predicted molar refractivity (Wildman–Crippen MR) is 83.4 cm³/mol. The van der Waals surface area contributed by atoms with Crippen LogP contribution >= 0.6 is 0 Å². The number of nitrogens with one attached hydrogen (secondary N) is 1. The quantitative estimate of drug-likeness (QED) is 0.656. The van der Waals surface area contributed by atoms with Crippen molar-refractivity contribution in [3.8, 4) is 0 Å². The monoisotopic (exact) mass is 321 g/mol. The molecule has 0 radical (unpaired) electrons. The van der Waals surface area contributed by atoms with E-state index < -0.39 is 23.0 Å². The molecule has 1 aromatic rings. The number of aryl methyl sites for hydroxylation is 1. The highest BCUT2D eigenvalue weighted by Crippen LogP contribution is 2.25. The Morgan fingerprint density at radius 3 is 2.74 bits per heavy atom. The summed E-state index contributed by atoms with van der Waals surface area (Å²) in [6.45, 7) is 3.91. The second-order valence-corrected chi connectivity index (χ2v) is 5.87. The molecule has 0 saturated carbocycles. The number of nitrogens with zero attached hydrogens (tertiary/aromatic N) is 2. The maximum absolute atomic E-state index is 12.3. The molecule has 1 aromatic carbocycles. The van der Waals surface area contributed by atoms with Gasteiger partial charge in [0.2, 0.25) is 0 Å². The number of hydrogen-bond acceptors (Lipinski definition) is 4. The summed E-state index contributed by atoms with van der Waals surface area (Å²) in [7, 11) is 0. The van der Waals surface area contributed by atoms with Gasteiger partial charge in [0, 0.05) is 23.9 Å². The summed E-state index contributed by atoms with van der Waals surface area (Å²) in [6, 6.07) is 2.94. The van der Waals surface area contributed by atoms with Gasteiger partial charge in [-0.1, -0.05) is 13.0 Å². The standard InChI is InChI=1S/C15H19N3O5/c1-9-5-6-17(13(7-9)14(19)20)15(21)16-11-4-3-10(2)12(8-11)18(22)23/h3-4,8-9,13H,5-7H2,1-2H3,(H,16,21)(H,19,20)/t9-,13+/m0/s1. The lowest BCUT2D eigenvalue weighted by molar-refractivity contribution is -0.385. The molecule has 1 heterocycles. The Balaban J connectivity index is 2.16. The average molecular weight is 321 g/mol. The van der Waals surface area contributed by atoms with Crippen molar-refractivity contribution in [3.63, 3.8) is 0 Å². The minimum Gasteiger partial charge on any atom is -0.480 e. The first-order chi connectivity index (χ1) is 10.8.